The first kappa shape index (κ1) is 19.7. The minimum atomic E-state index is -0.858. The van der Waals surface area contributed by atoms with Gasteiger partial charge < -0.3 is 24.1 Å². The number of hydrogen-bond acceptors (Lipinski definition) is 10. The van der Waals surface area contributed by atoms with Crippen molar-refractivity contribution < 1.29 is 37.9 Å². The second-order valence-corrected chi connectivity index (χ2v) is 5.94. The molecule has 0 spiro atoms. The molecule has 0 bridgehead atoms. The molecule has 1 N–H and O–H groups in total. The number of aromatic nitrogens is 1. The number of carbonyl (C=O) groups excluding carboxylic acids is 4. The van der Waals surface area contributed by atoms with Crippen LogP contribution in [0.1, 0.15) is 31.4 Å². The number of hydrogen-bond donors (Lipinski definition) is 1. The molecule has 0 radical (unpaired) electrons. The van der Waals surface area contributed by atoms with Crippen molar-refractivity contribution in [2.24, 2.45) is 0 Å². The summed E-state index contributed by atoms with van der Waals surface area (Å²) in [4.78, 5) is 47.1. The molecule has 0 aromatic carbocycles. The number of rotatable bonds is 8. The third-order valence-electron chi connectivity index (χ3n) is 3.19. The molecule has 1 amide bonds. The molecule has 0 saturated carbocycles. The number of thioether (sulfide) groups is 1. The molecule has 2 rings (SSSR count). The molecule has 140 valence electrons. The fraction of sp³-hybridized carbons (Fsp3) is 0.400. The number of Topliss-reactive ketones (excluding diaryl/α,β-unsaturated/α-hetero) is 1. The summed E-state index contributed by atoms with van der Waals surface area (Å²) < 4.78 is 19.0. The van der Waals surface area contributed by atoms with Crippen LogP contribution in [0.3, 0.4) is 0 Å². The van der Waals surface area contributed by atoms with E-state index in [1.807, 2.05) is 0 Å². The van der Waals surface area contributed by atoms with E-state index >= 15 is 0 Å². The van der Waals surface area contributed by atoms with Gasteiger partial charge in [0.2, 0.25) is 23.0 Å². The van der Waals surface area contributed by atoms with E-state index in [1.54, 1.807) is 0 Å². The van der Waals surface area contributed by atoms with Gasteiger partial charge in [-0.3, -0.25) is 9.59 Å². The molecule has 1 heterocycles. The van der Waals surface area contributed by atoms with E-state index in [0.29, 0.717) is 5.75 Å². The third kappa shape index (κ3) is 4.49. The predicted molar refractivity (Wildman–Crippen MR) is 88.3 cm³/mol. The van der Waals surface area contributed by atoms with Crippen LogP contribution in [0.5, 0.6) is 0 Å². The Labute approximate surface area is 152 Å². The number of nitrogens with one attached hydrogen (secondary N) is 1. The van der Waals surface area contributed by atoms with Crippen molar-refractivity contribution in [1.82, 2.24) is 10.5 Å². The number of ketones is 2. The largest absolute Gasteiger partial charge is 0.464 e. The van der Waals surface area contributed by atoms with Crippen LogP contribution in [0.2, 0.25) is 0 Å². The van der Waals surface area contributed by atoms with Crippen molar-refractivity contribution in [2.75, 3.05) is 39.7 Å². The summed E-state index contributed by atoms with van der Waals surface area (Å²) in [6.45, 7) is 0.834. The lowest BCUT2D eigenvalue weighted by Gasteiger charge is -2.11. The van der Waals surface area contributed by atoms with E-state index in [-0.39, 0.29) is 41.7 Å². The van der Waals surface area contributed by atoms with Gasteiger partial charge in [-0.05, 0) is 0 Å². The van der Waals surface area contributed by atoms with Crippen molar-refractivity contribution in [2.45, 2.75) is 0 Å². The summed E-state index contributed by atoms with van der Waals surface area (Å²) in [5, 5.41) is 5.90. The maximum absolute atomic E-state index is 12.5. The number of nitrogens with zero attached hydrogens (tertiary/aromatic N) is 1. The normalized spacial score (nSPS) is 13.1. The number of allylic oxidation sites excluding steroid dienone is 2. The second kappa shape index (κ2) is 9.15. The standard InChI is InChI=1S/C15H16N2O8S/c1-22-14(20)11-10-12(19)9(7-8(18)13(10)25-17-11)26-6-5-24-4-3-16-15(21)23-2/h7H,3-6H2,1-2H3,(H,16,21). The highest BCUT2D eigenvalue weighted by Gasteiger charge is 2.36. The van der Waals surface area contributed by atoms with E-state index in [0.717, 1.165) is 24.9 Å². The maximum Gasteiger partial charge on any atom is 0.406 e. The van der Waals surface area contributed by atoms with Crippen LogP contribution in [-0.4, -0.2) is 68.5 Å². The molecule has 0 unspecified atom stereocenters. The predicted octanol–water partition coefficient (Wildman–Crippen LogP) is 0.830. The highest BCUT2D eigenvalue weighted by atomic mass is 32.2. The van der Waals surface area contributed by atoms with Crippen molar-refractivity contribution in [1.29, 1.82) is 0 Å². The van der Waals surface area contributed by atoms with Crippen LogP contribution in [-0.2, 0) is 14.2 Å². The van der Waals surface area contributed by atoms with Crippen LogP contribution in [0, 0.1) is 0 Å². The Balaban J connectivity index is 1.87. The lowest BCUT2D eigenvalue weighted by atomic mass is 10.00. The molecule has 1 aromatic rings. The highest BCUT2D eigenvalue weighted by molar-refractivity contribution is 8.04. The number of esters is 1. The minimum Gasteiger partial charge on any atom is -0.464 e. The van der Waals surface area contributed by atoms with Crippen molar-refractivity contribution in [3.63, 3.8) is 0 Å². The van der Waals surface area contributed by atoms with Gasteiger partial charge in [0.1, 0.15) is 5.56 Å². The Kier molecular flexibility index (Phi) is 6.92. The Morgan fingerprint density at radius 1 is 1.23 bits per heavy atom. The summed E-state index contributed by atoms with van der Waals surface area (Å²) in [7, 11) is 2.39. The average molecular weight is 384 g/mol. The van der Waals surface area contributed by atoms with E-state index < -0.39 is 23.6 Å². The van der Waals surface area contributed by atoms with Crippen LogP contribution in [0.4, 0.5) is 4.79 Å². The fourth-order valence-corrected chi connectivity index (χ4v) is 2.84. The average Bonchev–Trinajstić information content (AvgIpc) is 3.09. The van der Waals surface area contributed by atoms with E-state index in [9.17, 15) is 19.2 Å². The SMILES string of the molecule is COC(=O)NCCOCCSC1=CC(=O)c2onc(C(=O)OC)c2C1=O. The zero-order valence-corrected chi connectivity index (χ0v) is 14.8. The first-order chi connectivity index (χ1) is 12.5. The number of amides is 1. The maximum atomic E-state index is 12.5. The van der Waals surface area contributed by atoms with Gasteiger partial charge in [0, 0.05) is 18.4 Å². The van der Waals surface area contributed by atoms with Crippen LogP contribution < -0.4 is 5.32 Å². The van der Waals surface area contributed by atoms with Gasteiger partial charge in [0.15, 0.2) is 0 Å². The first-order valence-electron chi connectivity index (χ1n) is 7.40. The number of carbonyl (C=O) groups is 4. The van der Waals surface area contributed by atoms with E-state index in [2.05, 4.69) is 19.9 Å². The molecule has 0 saturated heterocycles. The molecule has 0 aliphatic heterocycles. The van der Waals surface area contributed by atoms with Gasteiger partial charge in [-0.25, -0.2) is 9.59 Å². The van der Waals surface area contributed by atoms with Gasteiger partial charge in [-0.15, -0.1) is 11.8 Å². The summed E-state index contributed by atoms with van der Waals surface area (Å²) in [6, 6.07) is 0. The monoisotopic (exact) mass is 384 g/mol. The Hall–Kier alpha value is -2.66. The molecule has 10 nitrogen and oxygen atoms in total. The molecule has 26 heavy (non-hydrogen) atoms. The lowest BCUT2D eigenvalue weighted by Crippen LogP contribution is -2.27. The summed E-state index contributed by atoms with van der Waals surface area (Å²) >= 11 is 1.11. The van der Waals surface area contributed by atoms with Crippen molar-refractivity contribution in [3.8, 4) is 0 Å². The van der Waals surface area contributed by atoms with Gasteiger partial charge in [-0.2, -0.15) is 0 Å². The Morgan fingerprint density at radius 2 is 2.00 bits per heavy atom. The van der Waals surface area contributed by atoms with Crippen molar-refractivity contribution in [3.05, 3.63) is 28.0 Å². The van der Waals surface area contributed by atoms with Gasteiger partial charge in [0.25, 0.3) is 0 Å². The Bertz CT molecular complexity index is 755. The smallest absolute Gasteiger partial charge is 0.406 e. The summed E-state index contributed by atoms with van der Waals surface area (Å²) in [5.74, 6) is -1.82. The third-order valence-corrected chi connectivity index (χ3v) is 4.18. The van der Waals surface area contributed by atoms with Crippen LogP contribution in [0.25, 0.3) is 0 Å². The number of ether oxygens (including phenoxy) is 3. The van der Waals surface area contributed by atoms with Crippen LogP contribution in [0.15, 0.2) is 15.5 Å². The zero-order valence-electron chi connectivity index (χ0n) is 14.0. The van der Waals surface area contributed by atoms with E-state index in [1.165, 1.54) is 7.11 Å². The summed E-state index contributed by atoms with van der Waals surface area (Å²) in [6.07, 6.45) is 0.589. The topological polar surface area (TPSA) is 134 Å². The molecular formula is C15H16N2O8S. The van der Waals surface area contributed by atoms with Crippen LogP contribution >= 0.6 is 11.8 Å². The zero-order chi connectivity index (χ0) is 19.1. The molecule has 1 aromatic heterocycles. The van der Waals surface area contributed by atoms with Gasteiger partial charge in [-0.1, -0.05) is 5.16 Å². The van der Waals surface area contributed by atoms with Gasteiger partial charge in [0.05, 0.1) is 32.3 Å². The number of methoxy groups -OCH3 is 2. The first-order valence-corrected chi connectivity index (χ1v) is 8.39. The molecule has 11 heteroatoms. The number of alkyl carbamates (subject to hydrolysis) is 1. The quantitative estimate of drug-likeness (QED) is 0.507. The fourth-order valence-electron chi connectivity index (χ4n) is 2.00. The molecule has 0 fully saturated rings. The van der Waals surface area contributed by atoms with E-state index in [4.69, 9.17) is 9.26 Å². The lowest BCUT2D eigenvalue weighted by molar-refractivity contribution is 0.0586. The molecule has 1 aliphatic rings. The van der Waals surface area contributed by atoms with Crippen molar-refractivity contribution >= 4 is 35.4 Å². The molecule has 1 aliphatic carbocycles. The minimum absolute atomic E-state index is 0.159. The molecular weight excluding hydrogens is 368 g/mol. The molecule has 0 atom stereocenters. The Morgan fingerprint density at radius 3 is 2.69 bits per heavy atom. The summed E-state index contributed by atoms with van der Waals surface area (Å²) in [5.41, 5.74) is -0.507. The highest BCUT2D eigenvalue weighted by Crippen LogP contribution is 2.30. The number of fused-ring (bicyclic) bond motifs is 1. The van der Waals surface area contributed by atoms with Gasteiger partial charge >= 0.3 is 12.1 Å². The second-order valence-electron chi connectivity index (χ2n) is 4.81.